The van der Waals surface area contributed by atoms with E-state index in [1.807, 2.05) is 20.8 Å². The van der Waals surface area contributed by atoms with Gasteiger partial charge in [-0.1, -0.05) is 13.8 Å². The van der Waals surface area contributed by atoms with Gasteiger partial charge in [-0.25, -0.2) is 13.9 Å². The number of halogens is 1. The zero-order valence-electron chi connectivity index (χ0n) is 19.2. The first-order chi connectivity index (χ1) is 15.0. The smallest absolute Gasteiger partial charge is 0.315 e. The van der Waals surface area contributed by atoms with Gasteiger partial charge in [0.1, 0.15) is 11.9 Å². The van der Waals surface area contributed by atoms with Gasteiger partial charge < -0.3 is 20.6 Å². The topological polar surface area (TPSA) is 99.5 Å². The molecule has 0 fully saturated rings. The molecule has 1 aromatic heterocycles. The van der Waals surface area contributed by atoms with Crippen molar-refractivity contribution in [2.24, 2.45) is 5.92 Å². The SMILES string of the molecule is CC(C)C(NC(=O)NCC(C)(C)O)C(=O)N1c2cnn(-c3ccc(F)cc3)c2CC[C@H]1C. The van der Waals surface area contributed by atoms with Crippen LogP contribution >= 0.6 is 0 Å². The normalized spacial score (nSPS) is 17.1. The van der Waals surface area contributed by atoms with E-state index in [4.69, 9.17) is 0 Å². The summed E-state index contributed by atoms with van der Waals surface area (Å²) in [5.41, 5.74) is 1.23. The molecule has 3 amide bonds. The number of aromatic nitrogens is 2. The second kappa shape index (κ2) is 9.28. The van der Waals surface area contributed by atoms with Crippen LogP contribution in [0.15, 0.2) is 30.5 Å². The molecule has 0 radical (unpaired) electrons. The maximum Gasteiger partial charge on any atom is 0.315 e. The molecule has 8 nitrogen and oxygen atoms in total. The maximum atomic E-state index is 13.6. The summed E-state index contributed by atoms with van der Waals surface area (Å²) in [6, 6.07) is 4.73. The fraction of sp³-hybridized carbons (Fsp3) is 0.522. The molecule has 9 heteroatoms. The van der Waals surface area contributed by atoms with E-state index in [1.54, 1.807) is 41.8 Å². The molecule has 3 rings (SSSR count). The summed E-state index contributed by atoms with van der Waals surface area (Å²) in [5.74, 6) is -0.695. The summed E-state index contributed by atoms with van der Waals surface area (Å²) in [7, 11) is 0. The second-order valence-corrected chi connectivity index (χ2v) is 9.32. The average Bonchev–Trinajstić information content (AvgIpc) is 3.13. The molecule has 0 saturated heterocycles. The number of hydrogen-bond acceptors (Lipinski definition) is 4. The van der Waals surface area contributed by atoms with Crippen LogP contribution in [0.2, 0.25) is 0 Å². The van der Waals surface area contributed by atoms with Crippen molar-refractivity contribution in [2.75, 3.05) is 11.4 Å². The predicted molar refractivity (Wildman–Crippen MR) is 120 cm³/mol. The highest BCUT2D eigenvalue weighted by Crippen LogP contribution is 2.33. The molecule has 1 unspecified atom stereocenters. The van der Waals surface area contributed by atoms with E-state index < -0.39 is 17.7 Å². The van der Waals surface area contributed by atoms with Gasteiger partial charge in [0.2, 0.25) is 5.91 Å². The molecule has 32 heavy (non-hydrogen) atoms. The number of urea groups is 1. The van der Waals surface area contributed by atoms with Crippen LogP contribution in [0, 0.1) is 11.7 Å². The lowest BCUT2D eigenvalue weighted by atomic mass is 9.97. The number of aliphatic hydroxyl groups is 1. The van der Waals surface area contributed by atoms with Crippen molar-refractivity contribution in [3.05, 3.63) is 42.0 Å². The van der Waals surface area contributed by atoms with Crippen LogP contribution in [0.3, 0.4) is 0 Å². The van der Waals surface area contributed by atoms with E-state index in [0.29, 0.717) is 5.69 Å². The molecular formula is C23H32FN5O3. The van der Waals surface area contributed by atoms with Crippen LogP contribution in [0.4, 0.5) is 14.9 Å². The number of nitrogens with one attached hydrogen (secondary N) is 2. The maximum absolute atomic E-state index is 13.6. The Morgan fingerprint density at radius 2 is 1.94 bits per heavy atom. The van der Waals surface area contributed by atoms with Crippen LogP contribution in [0.5, 0.6) is 0 Å². The molecule has 174 valence electrons. The van der Waals surface area contributed by atoms with Gasteiger partial charge in [0.15, 0.2) is 0 Å². The Kier molecular flexibility index (Phi) is 6.88. The largest absolute Gasteiger partial charge is 0.389 e. The van der Waals surface area contributed by atoms with E-state index >= 15 is 0 Å². The first-order valence-electron chi connectivity index (χ1n) is 10.9. The van der Waals surface area contributed by atoms with Gasteiger partial charge in [0, 0.05) is 12.6 Å². The molecule has 1 aromatic carbocycles. The quantitative estimate of drug-likeness (QED) is 0.637. The van der Waals surface area contributed by atoms with Crippen LogP contribution in [0.1, 0.15) is 46.7 Å². The van der Waals surface area contributed by atoms with Gasteiger partial charge >= 0.3 is 6.03 Å². The van der Waals surface area contributed by atoms with Crippen LogP contribution in [-0.4, -0.2) is 51.1 Å². The Morgan fingerprint density at radius 3 is 2.53 bits per heavy atom. The van der Waals surface area contributed by atoms with Crippen molar-refractivity contribution < 1.29 is 19.1 Å². The summed E-state index contributed by atoms with van der Waals surface area (Å²) < 4.78 is 15.1. The molecule has 0 bridgehead atoms. The zero-order valence-corrected chi connectivity index (χ0v) is 19.2. The Hall–Kier alpha value is -2.94. The van der Waals surface area contributed by atoms with Crippen molar-refractivity contribution in [1.82, 2.24) is 20.4 Å². The number of benzene rings is 1. The number of amides is 3. The summed E-state index contributed by atoms with van der Waals surface area (Å²) >= 11 is 0. The molecule has 0 saturated carbocycles. The summed E-state index contributed by atoms with van der Waals surface area (Å²) in [4.78, 5) is 27.7. The van der Waals surface area contributed by atoms with Gasteiger partial charge in [0.05, 0.1) is 28.9 Å². The van der Waals surface area contributed by atoms with E-state index in [2.05, 4.69) is 15.7 Å². The van der Waals surface area contributed by atoms with Crippen LogP contribution in [0.25, 0.3) is 5.69 Å². The third kappa shape index (κ3) is 5.27. The van der Waals surface area contributed by atoms with Crippen LogP contribution in [-0.2, 0) is 11.2 Å². The predicted octanol–water partition coefficient (Wildman–Crippen LogP) is 2.77. The fourth-order valence-corrected chi connectivity index (χ4v) is 3.81. The third-order valence-corrected chi connectivity index (χ3v) is 5.56. The fourth-order valence-electron chi connectivity index (χ4n) is 3.81. The minimum atomic E-state index is -1.06. The molecule has 1 aliphatic rings. The lowest BCUT2D eigenvalue weighted by molar-refractivity contribution is -0.121. The molecule has 2 heterocycles. The monoisotopic (exact) mass is 445 g/mol. The first kappa shape index (κ1) is 23.7. The van der Waals surface area contributed by atoms with Crippen molar-refractivity contribution in [3.63, 3.8) is 0 Å². The Balaban J connectivity index is 1.85. The number of carbonyl (C=O) groups is 2. The summed E-state index contributed by atoms with van der Waals surface area (Å²) in [5, 5.41) is 19.7. The van der Waals surface area contributed by atoms with Gasteiger partial charge in [-0.2, -0.15) is 5.10 Å². The minimum Gasteiger partial charge on any atom is -0.389 e. The van der Waals surface area contributed by atoms with E-state index in [1.165, 1.54) is 12.1 Å². The van der Waals surface area contributed by atoms with Gasteiger partial charge in [-0.3, -0.25) is 4.79 Å². The van der Waals surface area contributed by atoms with E-state index in [9.17, 15) is 19.1 Å². The molecule has 0 aliphatic carbocycles. The summed E-state index contributed by atoms with van der Waals surface area (Å²) in [6.07, 6.45) is 3.11. The standard InChI is InChI=1S/C23H32FN5O3/c1-14(2)20(27-22(31)25-13-23(4,5)32)21(30)28-15(3)6-11-18-19(28)12-26-29(18)17-9-7-16(24)8-10-17/h7-10,12,14-15,20,32H,6,11,13H2,1-5H3,(H2,25,27,31)/t15-,20?/m1/s1. The number of anilines is 1. The van der Waals surface area contributed by atoms with Gasteiger partial charge in [0.25, 0.3) is 0 Å². The third-order valence-electron chi connectivity index (χ3n) is 5.56. The van der Waals surface area contributed by atoms with Gasteiger partial charge in [-0.05, 0) is 63.8 Å². The number of rotatable bonds is 6. The second-order valence-electron chi connectivity index (χ2n) is 9.32. The Labute approximate surface area is 187 Å². The lowest BCUT2D eigenvalue weighted by Gasteiger charge is -2.37. The number of fused-ring (bicyclic) bond motifs is 1. The van der Waals surface area contributed by atoms with Crippen molar-refractivity contribution in [2.45, 2.75) is 65.1 Å². The highest BCUT2D eigenvalue weighted by Gasteiger charge is 2.37. The number of nitrogens with zero attached hydrogens (tertiary/aromatic N) is 3. The summed E-state index contributed by atoms with van der Waals surface area (Å²) in [6.45, 7) is 8.96. The first-order valence-corrected chi connectivity index (χ1v) is 10.9. The average molecular weight is 446 g/mol. The van der Waals surface area contributed by atoms with Crippen molar-refractivity contribution in [3.8, 4) is 5.69 Å². The minimum absolute atomic E-state index is 0.0620. The molecular weight excluding hydrogens is 413 g/mol. The van der Waals surface area contributed by atoms with Crippen molar-refractivity contribution >= 4 is 17.6 Å². The molecule has 0 spiro atoms. The van der Waals surface area contributed by atoms with Crippen molar-refractivity contribution in [1.29, 1.82) is 0 Å². The van der Waals surface area contributed by atoms with E-state index in [0.717, 1.165) is 24.2 Å². The molecule has 3 N–H and O–H groups in total. The van der Waals surface area contributed by atoms with Gasteiger partial charge in [-0.15, -0.1) is 0 Å². The Morgan fingerprint density at radius 1 is 1.28 bits per heavy atom. The highest BCUT2D eigenvalue weighted by molar-refractivity contribution is 6.00. The Bertz CT molecular complexity index is 965. The highest BCUT2D eigenvalue weighted by atomic mass is 19.1. The number of carbonyl (C=O) groups excluding carboxylic acids is 2. The number of hydrogen-bond donors (Lipinski definition) is 3. The zero-order chi connectivity index (χ0) is 23.6. The lowest BCUT2D eigenvalue weighted by Crippen LogP contribution is -2.57. The van der Waals surface area contributed by atoms with E-state index in [-0.39, 0.29) is 30.2 Å². The molecule has 2 atom stereocenters. The van der Waals surface area contributed by atoms with Crippen LogP contribution < -0.4 is 15.5 Å². The molecule has 2 aromatic rings. The molecule has 1 aliphatic heterocycles.